The van der Waals surface area contributed by atoms with E-state index in [1.165, 1.54) is 96.3 Å². The van der Waals surface area contributed by atoms with Gasteiger partial charge in [-0.1, -0.05) is 198 Å². The number of hydrogen-bond donors (Lipinski definition) is 0. The molecule has 0 N–H and O–H groups in total. The maximum Gasteiger partial charge on any atom is 0.306 e. The van der Waals surface area contributed by atoms with Crippen LogP contribution >= 0.6 is 0 Å². The largest absolute Gasteiger partial charge is 0.462 e. The third-order valence-corrected chi connectivity index (χ3v) is 9.91. The Balaban J connectivity index is 4.27. The highest BCUT2D eigenvalue weighted by molar-refractivity contribution is 5.71. The second kappa shape index (κ2) is 43.4. The number of unbranched alkanes of at least 4 members (excludes halogenated alkanes) is 24. The summed E-state index contributed by atoms with van der Waals surface area (Å²) in [5.41, 5.74) is 0. The van der Waals surface area contributed by atoms with Crippen LogP contribution in [0.2, 0.25) is 0 Å². The van der Waals surface area contributed by atoms with Gasteiger partial charge in [0, 0.05) is 19.3 Å². The molecule has 0 aromatic rings. The van der Waals surface area contributed by atoms with Gasteiger partial charge in [0.1, 0.15) is 13.2 Å². The van der Waals surface area contributed by atoms with Gasteiger partial charge in [0.15, 0.2) is 6.10 Å². The predicted octanol–water partition coefficient (Wildman–Crippen LogP) is 14.6. The minimum absolute atomic E-state index is 0.0758. The van der Waals surface area contributed by atoms with Crippen molar-refractivity contribution in [2.24, 2.45) is 0 Å². The molecule has 0 amide bonds. The van der Waals surface area contributed by atoms with E-state index in [1.807, 2.05) is 0 Å². The Morgan fingerprint density at radius 3 is 1.13 bits per heavy atom. The molecule has 6 nitrogen and oxygen atoms in total. The smallest absolute Gasteiger partial charge is 0.306 e. The fourth-order valence-corrected chi connectivity index (χ4v) is 6.46. The second-order valence-electron chi connectivity index (χ2n) is 15.3. The average Bonchev–Trinajstić information content (AvgIpc) is 3.17. The van der Waals surface area contributed by atoms with Gasteiger partial charge in [-0.3, -0.25) is 14.4 Å². The van der Waals surface area contributed by atoms with E-state index in [0.717, 1.165) is 96.3 Å². The molecule has 0 aliphatic heterocycles. The third-order valence-electron chi connectivity index (χ3n) is 9.91. The fourth-order valence-electron chi connectivity index (χ4n) is 6.46. The van der Waals surface area contributed by atoms with Crippen molar-refractivity contribution in [1.82, 2.24) is 0 Å². The summed E-state index contributed by atoms with van der Waals surface area (Å²) in [4.78, 5) is 37.6. The van der Waals surface area contributed by atoms with E-state index in [4.69, 9.17) is 14.2 Å². The molecule has 0 aliphatic carbocycles. The van der Waals surface area contributed by atoms with E-state index in [0.29, 0.717) is 19.3 Å². The van der Waals surface area contributed by atoms with Gasteiger partial charge in [-0.15, -0.1) is 0 Å². The molecule has 6 heteroatoms. The highest BCUT2D eigenvalue weighted by atomic mass is 16.6. The van der Waals surface area contributed by atoms with Crippen LogP contribution in [0.25, 0.3) is 0 Å². The first kappa shape index (κ1) is 51.6. The van der Waals surface area contributed by atoms with Crippen LogP contribution in [-0.2, 0) is 28.6 Å². The highest BCUT2D eigenvalue weighted by Crippen LogP contribution is 2.15. The normalized spacial score (nSPS) is 12.3. The maximum absolute atomic E-state index is 12.7. The van der Waals surface area contributed by atoms with Crippen molar-refractivity contribution >= 4 is 17.9 Å². The Morgan fingerprint density at radius 1 is 0.389 bits per heavy atom. The van der Waals surface area contributed by atoms with Crippen molar-refractivity contribution < 1.29 is 28.6 Å². The summed E-state index contributed by atoms with van der Waals surface area (Å²) in [5, 5.41) is 0. The fraction of sp³-hybridized carbons (Fsp3) is 0.812. The molecule has 0 saturated carbocycles. The summed E-state index contributed by atoms with van der Waals surface area (Å²) < 4.78 is 16.6. The highest BCUT2D eigenvalue weighted by Gasteiger charge is 2.19. The quantitative estimate of drug-likeness (QED) is 0.0267. The number of hydrogen-bond acceptors (Lipinski definition) is 6. The molecular weight excluding hydrogens is 673 g/mol. The van der Waals surface area contributed by atoms with Crippen molar-refractivity contribution in [3.63, 3.8) is 0 Å². The lowest BCUT2D eigenvalue weighted by Crippen LogP contribution is -2.30. The van der Waals surface area contributed by atoms with Crippen LogP contribution in [0.15, 0.2) is 36.5 Å². The lowest BCUT2D eigenvalue weighted by Gasteiger charge is -2.18. The summed E-state index contributed by atoms with van der Waals surface area (Å²) >= 11 is 0. The molecule has 0 aliphatic rings. The lowest BCUT2D eigenvalue weighted by atomic mass is 10.0. The summed E-state index contributed by atoms with van der Waals surface area (Å²) in [6, 6.07) is 0. The van der Waals surface area contributed by atoms with Crippen LogP contribution in [0.3, 0.4) is 0 Å². The number of rotatable bonds is 41. The second-order valence-corrected chi connectivity index (χ2v) is 15.3. The van der Waals surface area contributed by atoms with Crippen molar-refractivity contribution in [1.29, 1.82) is 0 Å². The molecule has 0 rings (SSSR count). The maximum atomic E-state index is 12.7. The number of allylic oxidation sites excluding steroid dienone is 6. The molecule has 1 atom stereocenters. The molecule has 314 valence electrons. The van der Waals surface area contributed by atoms with E-state index in [-0.39, 0.29) is 31.1 Å². The topological polar surface area (TPSA) is 78.9 Å². The molecule has 0 bridgehead atoms. The van der Waals surface area contributed by atoms with Gasteiger partial charge >= 0.3 is 17.9 Å². The van der Waals surface area contributed by atoms with Gasteiger partial charge in [0.25, 0.3) is 0 Å². The Kier molecular flexibility index (Phi) is 41.5. The van der Waals surface area contributed by atoms with Crippen LogP contribution in [0, 0.1) is 0 Å². The zero-order valence-electron chi connectivity index (χ0n) is 35.7. The first-order valence-electron chi connectivity index (χ1n) is 23.0. The number of esters is 3. The van der Waals surface area contributed by atoms with Crippen LogP contribution in [-0.4, -0.2) is 37.2 Å². The number of carbonyl (C=O) groups is 3. The van der Waals surface area contributed by atoms with Crippen LogP contribution in [0.5, 0.6) is 0 Å². The van der Waals surface area contributed by atoms with Gasteiger partial charge in [0.2, 0.25) is 0 Å². The number of ether oxygens (including phenoxy) is 3. The van der Waals surface area contributed by atoms with Crippen LogP contribution in [0.1, 0.15) is 233 Å². The molecule has 0 aromatic carbocycles. The summed E-state index contributed by atoms with van der Waals surface area (Å²) in [5.74, 6) is -0.898. The SMILES string of the molecule is CC/C=C\C/C=C\C/C=C\CCCCCCCC(=O)OCC(COC(=O)CCCCCCCC)OC(=O)CCCCCCCCCCCCCCCCC. The molecule has 54 heavy (non-hydrogen) atoms. The third kappa shape index (κ3) is 40.8. The van der Waals surface area contributed by atoms with E-state index < -0.39 is 6.10 Å². The molecule has 0 radical (unpaired) electrons. The molecule has 0 fully saturated rings. The van der Waals surface area contributed by atoms with Gasteiger partial charge in [-0.05, 0) is 51.4 Å². The Bertz CT molecular complexity index is 922. The zero-order chi connectivity index (χ0) is 39.4. The molecule has 0 saturated heterocycles. The van der Waals surface area contributed by atoms with Crippen molar-refractivity contribution in [2.45, 2.75) is 239 Å². The van der Waals surface area contributed by atoms with E-state index >= 15 is 0 Å². The summed E-state index contributed by atoms with van der Waals surface area (Å²) in [6.45, 7) is 6.45. The van der Waals surface area contributed by atoms with Gasteiger partial charge in [-0.2, -0.15) is 0 Å². The molecule has 0 spiro atoms. The van der Waals surface area contributed by atoms with Crippen molar-refractivity contribution in [3.8, 4) is 0 Å². The monoisotopic (exact) mass is 759 g/mol. The Hall–Kier alpha value is -2.37. The zero-order valence-corrected chi connectivity index (χ0v) is 35.7. The minimum atomic E-state index is -0.771. The molecule has 0 heterocycles. The van der Waals surface area contributed by atoms with E-state index in [9.17, 15) is 14.4 Å². The Morgan fingerprint density at radius 2 is 0.722 bits per heavy atom. The standard InChI is InChI=1S/C48H86O6/c1-4-7-10-13-16-18-20-22-24-26-28-30-32-35-38-41-47(50)53-44-45(43-52-46(49)40-37-34-15-12-9-6-3)54-48(51)42-39-36-33-31-29-27-25-23-21-19-17-14-11-8-5-2/h7,10,16,18,22,24,45H,4-6,8-9,11-15,17,19-21,23,25-44H2,1-3H3/b10-7-,18-16-,24-22-. The summed E-state index contributed by atoms with van der Waals surface area (Å²) in [6.07, 6.45) is 48.6. The van der Waals surface area contributed by atoms with Gasteiger partial charge in [0.05, 0.1) is 0 Å². The predicted molar refractivity (Wildman–Crippen MR) is 229 cm³/mol. The van der Waals surface area contributed by atoms with E-state index in [2.05, 4.69) is 57.2 Å². The Labute approximate surface area is 334 Å². The first-order chi connectivity index (χ1) is 26.5. The molecule has 1 unspecified atom stereocenters. The minimum Gasteiger partial charge on any atom is -0.462 e. The van der Waals surface area contributed by atoms with E-state index in [1.54, 1.807) is 0 Å². The van der Waals surface area contributed by atoms with Gasteiger partial charge in [-0.25, -0.2) is 0 Å². The van der Waals surface area contributed by atoms with Crippen molar-refractivity contribution in [3.05, 3.63) is 36.5 Å². The number of carbonyl (C=O) groups excluding carboxylic acids is 3. The summed E-state index contributed by atoms with van der Waals surface area (Å²) in [7, 11) is 0. The first-order valence-corrected chi connectivity index (χ1v) is 23.0. The molecule has 0 aromatic heterocycles. The van der Waals surface area contributed by atoms with Gasteiger partial charge < -0.3 is 14.2 Å². The average molecular weight is 759 g/mol. The van der Waals surface area contributed by atoms with Crippen LogP contribution < -0.4 is 0 Å². The van der Waals surface area contributed by atoms with Crippen molar-refractivity contribution in [2.75, 3.05) is 13.2 Å². The molecular formula is C48H86O6. The van der Waals surface area contributed by atoms with Crippen LogP contribution in [0.4, 0.5) is 0 Å². The lowest BCUT2D eigenvalue weighted by molar-refractivity contribution is -0.167.